The van der Waals surface area contributed by atoms with Gasteiger partial charge in [0.15, 0.2) is 0 Å². The summed E-state index contributed by atoms with van der Waals surface area (Å²) in [5.41, 5.74) is 3.60. The molecule has 0 spiro atoms. The van der Waals surface area contributed by atoms with Gasteiger partial charge in [0.05, 0.1) is 36.5 Å². The number of aliphatic carboxylic acids is 1. The molecular weight excluding hydrogens is 725 g/mol. The fourth-order valence-electron chi connectivity index (χ4n) is 7.32. The van der Waals surface area contributed by atoms with E-state index >= 15 is 0 Å². The van der Waals surface area contributed by atoms with Gasteiger partial charge < -0.3 is 30.5 Å². The Balaban J connectivity index is 1.13. The fraction of sp³-hybridized carbons (Fsp3) is 0.385. The van der Waals surface area contributed by atoms with Gasteiger partial charge in [0.1, 0.15) is 11.4 Å². The summed E-state index contributed by atoms with van der Waals surface area (Å²) < 4.78 is 54.4. The summed E-state index contributed by atoms with van der Waals surface area (Å²) in [6.07, 6.45) is -1.52. The number of methoxy groups -OCH3 is 2. The number of alkyl halides is 3. The van der Waals surface area contributed by atoms with E-state index in [1.165, 1.54) is 7.11 Å². The van der Waals surface area contributed by atoms with Crippen LogP contribution in [0.25, 0.3) is 22.4 Å². The van der Waals surface area contributed by atoms with Crippen molar-refractivity contribution in [3.63, 3.8) is 0 Å². The van der Waals surface area contributed by atoms with E-state index in [0.717, 1.165) is 40.3 Å². The highest BCUT2D eigenvalue weighted by Gasteiger charge is 2.50. The summed E-state index contributed by atoms with van der Waals surface area (Å²) >= 11 is 7.11. The summed E-state index contributed by atoms with van der Waals surface area (Å²) in [6, 6.07) is 15.8. The van der Waals surface area contributed by atoms with Gasteiger partial charge in [-0.05, 0) is 60.9 Å². The van der Waals surface area contributed by atoms with Crippen LogP contribution in [0.2, 0.25) is 5.02 Å². The summed E-state index contributed by atoms with van der Waals surface area (Å²) in [5, 5.41) is 22.2. The number of hydrogen-bond donors (Lipinski definition) is 5. The highest BCUT2D eigenvalue weighted by atomic mass is 35.5. The van der Waals surface area contributed by atoms with Gasteiger partial charge in [-0.1, -0.05) is 54.1 Å². The summed E-state index contributed by atoms with van der Waals surface area (Å²) in [4.78, 5) is 32.2. The van der Waals surface area contributed by atoms with Crippen molar-refractivity contribution in [1.82, 2.24) is 25.9 Å². The number of carboxylic acid groups (broad SMARTS) is 1. The second kappa shape index (κ2) is 15.1. The highest BCUT2D eigenvalue weighted by Crippen LogP contribution is 2.45. The molecule has 3 heterocycles. The first-order valence-electron chi connectivity index (χ1n) is 17.8. The predicted octanol–water partition coefficient (Wildman–Crippen LogP) is 6.67. The summed E-state index contributed by atoms with van der Waals surface area (Å²) in [5.74, 6) is -0.915. The molecule has 0 bridgehead atoms. The first kappa shape index (κ1) is 37.4. The number of amides is 1. The van der Waals surface area contributed by atoms with Gasteiger partial charge in [-0.2, -0.15) is 18.2 Å². The molecule has 5 N–H and O–H groups in total. The molecule has 0 radical (unpaired) electrons. The normalized spacial score (nSPS) is 18.6. The molecule has 15 heteroatoms. The van der Waals surface area contributed by atoms with E-state index in [-0.39, 0.29) is 35.8 Å². The average molecular weight is 765 g/mol. The number of carboxylic acids is 1. The zero-order valence-corrected chi connectivity index (χ0v) is 30.5. The molecular formula is C39H40ClF3N6O5. The van der Waals surface area contributed by atoms with E-state index in [9.17, 15) is 27.9 Å². The number of carbonyl (C=O) groups is 2. The number of ether oxygens (including phenoxy) is 2. The van der Waals surface area contributed by atoms with Crippen molar-refractivity contribution >= 4 is 29.3 Å². The van der Waals surface area contributed by atoms with Crippen LogP contribution in [-0.4, -0.2) is 59.3 Å². The third-order valence-corrected chi connectivity index (χ3v) is 10.8. The first-order chi connectivity index (χ1) is 25.9. The Morgan fingerprint density at radius 1 is 0.963 bits per heavy atom. The molecule has 1 amide bonds. The lowest BCUT2D eigenvalue weighted by atomic mass is 9.94. The van der Waals surface area contributed by atoms with Crippen LogP contribution in [0.5, 0.6) is 11.8 Å². The third-order valence-electron chi connectivity index (χ3n) is 10.4. The second-order valence-electron chi connectivity index (χ2n) is 13.9. The third kappa shape index (κ3) is 7.55. The monoisotopic (exact) mass is 764 g/mol. The van der Waals surface area contributed by atoms with Crippen LogP contribution in [-0.2, 0) is 35.3 Å². The van der Waals surface area contributed by atoms with Gasteiger partial charge in [0.25, 0.3) is 0 Å². The van der Waals surface area contributed by atoms with Crippen LogP contribution >= 0.6 is 11.6 Å². The van der Waals surface area contributed by atoms with Crippen LogP contribution in [0.15, 0.2) is 54.6 Å². The topological polar surface area (TPSA) is 147 Å². The molecule has 1 saturated carbocycles. The molecule has 2 aliphatic carbocycles. The van der Waals surface area contributed by atoms with Crippen LogP contribution in [0.4, 0.5) is 19.0 Å². The molecule has 2 fully saturated rings. The molecule has 2 atom stereocenters. The minimum Gasteiger partial charge on any atom is -0.481 e. The number of hydrogen-bond acceptors (Lipinski definition) is 9. The zero-order valence-electron chi connectivity index (χ0n) is 29.7. The molecule has 1 saturated heterocycles. The van der Waals surface area contributed by atoms with Crippen molar-refractivity contribution in [3.05, 3.63) is 87.4 Å². The molecule has 284 valence electrons. The lowest BCUT2D eigenvalue weighted by Crippen LogP contribution is -2.38. The van der Waals surface area contributed by atoms with Gasteiger partial charge in [-0.15, -0.1) is 0 Å². The Morgan fingerprint density at radius 3 is 2.37 bits per heavy atom. The predicted molar refractivity (Wildman–Crippen MR) is 196 cm³/mol. The van der Waals surface area contributed by atoms with Gasteiger partial charge >= 0.3 is 12.1 Å². The number of anilines is 1. The number of halogens is 4. The molecule has 7 rings (SSSR count). The van der Waals surface area contributed by atoms with Crippen molar-refractivity contribution in [2.45, 2.75) is 75.4 Å². The van der Waals surface area contributed by atoms with E-state index in [1.54, 1.807) is 7.11 Å². The number of fused-ring (bicyclic) bond motifs is 1. The second-order valence-corrected chi connectivity index (χ2v) is 14.2. The van der Waals surface area contributed by atoms with Gasteiger partial charge in [0.2, 0.25) is 17.7 Å². The van der Waals surface area contributed by atoms with Crippen molar-refractivity contribution < 1.29 is 37.3 Å². The lowest BCUT2D eigenvalue weighted by Gasteiger charge is -2.22. The standard InChI is InChI=1S/C39H40ClF3N6O5/c1-53-35-21(18-44-20-23-10-14-32(50)46-23)9-12-31(48-35)28-8-4-7-27(33(28)40)24-5-3-6-26-25(24)11-13-30(26)47-34-29(39(41,42)43)17-22(36(49-34)54-2)19-45-38(15-16-38)37(51)52/h3-9,12,17,23,30,44-45H,10-11,13-16,18-20H2,1-2H3,(H,46,50)(H,47,49)(H,51,52)/t23-,30-/m0/s1. The number of aromatic nitrogens is 2. The van der Waals surface area contributed by atoms with E-state index in [2.05, 4.69) is 26.3 Å². The molecule has 4 aromatic rings. The van der Waals surface area contributed by atoms with E-state index in [1.807, 2.05) is 48.5 Å². The number of rotatable bonds is 14. The van der Waals surface area contributed by atoms with E-state index in [0.29, 0.717) is 67.4 Å². The van der Waals surface area contributed by atoms with Crippen molar-refractivity contribution in [2.24, 2.45) is 0 Å². The van der Waals surface area contributed by atoms with Crippen LogP contribution in [0, 0.1) is 0 Å². The van der Waals surface area contributed by atoms with Gasteiger partial charge in [0, 0.05) is 54.4 Å². The maximum atomic E-state index is 14.5. The van der Waals surface area contributed by atoms with E-state index < -0.39 is 29.3 Å². The summed E-state index contributed by atoms with van der Waals surface area (Å²) in [7, 11) is 2.88. The lowest BCUT2D eigenvalue weighted by molar-refractivity contribution is -0.141. The quantitative estimate of drug-likeness (QED) is 0.0944. The maximum Gasteiger partial charge on any atom is 0.419 e. The van der Waals surface area contributed by atoms with Crippen LogP contribution < -0.4 is 30.7 Å². The summed E-state index contributed by atoms with van der Waals surface area (Å²) in [6.45, 7) is 0.994. The molecule has 54 heavy (non-hydrogen) atoms. The number of benzene rings is 2. The minimum atomic E-state index is -4.74. The Kier molecular flexibility index (Phi) is 10.4. The highest BCUT2D eigenvalue weighted by molar-refractivity contribution is 6.36. The van der Waals surface area contributed by atoms with Crippen molar-refractivity contribution in [3.8, 4) is 34.1 Å². The number of carbonyl (C=O) groups excluding carboxylic acids is 1. The minimum absolute atomic E-state index is 0.0247. The van der Waals surface area contributed by atoms with E-state index in [4.69, 9.17) is 26.1 Å². The van der Waals surface area contributed by atoms with Gasteiger partial charge in [-0.25, -0.2) is 4.98 Å². The molecule has 3 aliphatic rings. The van der Waals surface area contributed by atoms with Crippen molar-refractivity contribution in [2.75, 3.05) is 26.1 Å². The largest absolute Gasteiger partial charge is 0.481 e. The fourth-order valence-corrected chi connectivity index (χ4v) is 7.65. The molecule has 0 unspecified atom stereocenters. The number of nitrogens with one attached hydrogen (secondary N) is 4. The number of pyridine rings is 2. The SMILES string of the molecule is COc1nc(-c2cccc(-c3cccc4c3CC[C@@H]4Nc3nc(OC)c(CNC4(C(=O)O)CC4)cc3C(F)(F)F)c2Cl)ccc1CNC[C@@H]1CCC(=O)N1. The number of nitrogens with zero attached hydrogens (tertiary/aromatic N) is 2. The molecule has 2 aromatic heterocycles. The molecule has 2 aromatic carbocycles. The molecule has 11 nitrogen and oxygen atoms in total. The van der Waals surface area contributed by atoms with Gasteiger partial charge in [-0.3, -0.25) is 14.9 Å². The Morgan fingerprint density at radius 2 is 1.69 bits per heavy atom. The van der Waals surface area contributed by atoms with Crippen LogP contribution in [0.3, 0.4) is 0 Å². The first-order valence-corrected chi connectivity index (χ1v) is 18.1. The smallest absolute Gasteiger partial charge is 0.419 e. The molecule has 1 aliphatic heterocycles. The van der Waals surface area contributed by atoms with Crippen molar-refractivity contribution in [1.29, 1.82) is 0 Å². The Bertz CT molecular complexity index is 2090. The average Bonchev–Trinajstić information content (AvgIpc) is 3.68. The Labute approximate surface area is 315 Å². The Hall–Kier alpha value is -4.92. The van der Waals surface area contributed by atoms with Crippen LogP contribution in [0.1, 0.15) is 66.0 Å². The zero-order chi connectivity index (χ0) is 38.2. The maximum absolute atomic E-state index is 14.5.